The van der Waals surface area contributed by atoms with Crippen LogP contribution in [0.4, 0.5) is 0 Å². The molecule has 1 aliphatic carbocycles. The zero-order chi connectivity index (χ0) is 17.5. The number of nitrogens with zero attached hydrogens (tertiary/aromatic N) is 4. The van der Waals surface area contributed by atoms with Gasteiger partial charge in [0.15, 0.2) is 5.96 Å². The number of aromatic nitrogens is 2. The largest absolute Gasteiger partial charge is 0.355 e. The van der Waals surface area contributed by atoms with Gasteiger partial charge in [0.1, 0.15) is 0 Å². The molecule has 146 valence electrons. The van der Waals surface area contributed by atoms with Gasteiger partial charge in [0.25, 0.3) is 0 Å². The third-order valence-corrected chi connectivity index (χ3v) is 5.21. The number of amides is 1. The highest BCUT2D eigenvalue weighted by atomic mass is 127. The maximum atomic E-state index is 12.6. The Labute approximate surface area is 173 Å². The highest BCUT2D eigenvalue weighted by molar-refractivity contribution is 14.0. The molecule has 0 spiro atoms. The molecular formula is C18H31IN6O. The lowest BCUT2D eigenvalue weighted by molar-refractivity contribution is -0.135. The van der Waals surface area contributed by atoms with Crippen LogP contribution in [0.1, 0.15) is 38.5 Å². The molecule has 0 aromatic carbocycles. The molecule has 2 N–H and O–H groups in total. The summed E-state index contributed by atoms with van der Waals surface area (Å²) in [6.07, 6.45) is 10.6. The Bertz CT molecular complexity index is 570. The summed E-state index contributed by atoms with van der Waals surface area (Å²) in [6.45, 7) is 3.20. The van der Waals surface area contributed by atoms with E-state index in [2.05, 4.69) is 20.7 Å². The van der Waals surface area contributed by atoms with Gasteiger partial charge < -0.3 is 15.5 Å². The SMILES string of the molecule is CN=C(NCCn1cccn1)NC1CCN(C(=O)C2CCCCC2)C1.I. The maximum absolute atomic E-state index is 12.6. The van der Waals surface area contributed by atoms with E-state index < -0.39 is 0 Å². The fraction of sp³-hybridized carbons (Fsp3) is 0.722. The average molecular weight is 474 g/mol. The van der Waals surface area contributed by atoms with E-state index in [9.17, 15) is 4.79 Å². The number of rotatable bonds is 5. The van der Waals surface area contributed by atoms with E-state index in [1.165, 1.54) is 19.3 Å². The van der Waals surface area contributed by atoms with Gasteiger partial charge in [-0.1, -0.05) is 19.3 Å². The van der Waals surface area contributed by atoms with Crippen LogP contribution in [0.2, 0.25) is 0 Å². The van der Waals surface area contributed by atoms with Gasteiger partial charge in [0, 0.05) is 51.0 Å². The monoisotopic (exact) mass is 474 g/mol. The van der Waals surface area contributed by atoms with Crippen LogP contribution >= 0.6 is 24.0 Å². The number of carbonyl (C=O) groups excluding carboxylic acids is 1. The van der Waals surface area contributed by atoms with Crippen LogP contribution in [0.3, 0.4) is 0 Å². The van der Waals surface area contributed by atoms with Crippen molar-refractivity contribution in [2.45, 2.75) is 51.1 Å². The molecule has 1 saturated carbocycles. The molecule has 0 radical (unpaired) electrons. The number of aliphatic imine (C=N–C) groups is 1. The second-order valence-electron chi connectivity index (χ2n) is 7.02. The number of likely N-dealkylation sites (tertiary alicyclic amines) is 1. The first kappa shape index (κ1) is 21.0. The van der Waals surface area contributed by atoms with Crippen LogP contribution in [0.25, 0.3) is 0 Å². The molecule has 26 heavy (non-hydrogen) atoms. The number of halogens is 1. The number of hydrogen-bond donors (Lipinski definition) is 2. The van der Waals surface area contributed by atoms with E-state index in [0.717, 1.165) is 51.4 Å². The van der Waals surface area contributed by atoms with Crippen molar-refractivity contribution in [2.24, 2.45) is 10.9 Å². The molecule has 1 saturated heterocycles. The Morgan fingerprint density at radius 2 is 2.08 bits per heavy atom. The summed E-state index contributed by atoms with van der Waals surface area (Å²) in [4.78, 5) is 19.0. The van der Waals surface area contributed by atoms with Crippen LogP contribution in [0.15, 0.2) is 23.5 Å². The predicted molar refractivity (Wildman–Crippen MR) is 114 cm³/mol. The zero-order valence-electron chi connectivity index (χ0n) is 15.6. The number of nitrogens with one attached hydrogen (secondary N) is 2. The molecule has 8 heteroatoms. The van der Waals surface area contributed by atoms with Crippen molar-refractivity contribution in [1.29, 1.82) is 0 Å². The van der Waals surface area contributed by atoms with Gasteiger partial charge in [-0.25, -0.2) is 0 Å². The molecule has 2 fully saturated rings. The molecule has 3 rings (SSSR count). The van der Waals surface area contributed by atoms with E-state index >= 15 is 0 Å². The molecule has 0 bridgehead atoms. The van der Waals surface area contributed by atoms with Crippen molar-refractivity contribution in [3.05, 3.63) is 18.5 Å². The van der Waals surface area contributed by atoms with Crippen molar-refractivity contribution in [3.63, 3.8) is 0 Å². The Balaban J connectivity index is 0.00000243. The van der Waals surface area contributed by atoms with Gasteiger partial charge >= 0.3 is 0 Å². The molecule has 7 nitrogen and oxygen atoms in total. The highest BCUT2D eigenvalue weighted by Crippen LogP contribution is 2.26. The molecule has 2 aliphatic rings. The first-order valence-corrected chi connectivity index (χ1v) is 9.49. The molecular weight excluding hydrogens is 443 g/mol. The normalized spacial score (nSPS) is 21.3. The number of hydrogen-bond acceptors (Lipinski definition) is 3. The standard InChI is InChI=1S/C18H30N6O.HI/c1-19-18(20-10-13-24-11-5-9-21-24)22-16-8-12-23(14-16)17(25)15-6-3-2-4-7-15;/h5,9,11,15-16H,2-4,6-8,10,12-14H2,1H3,(H2,19,20,22);1H. The summed E-state index contributed by atoms with van der Waals surface area (Å²) in [5.74, 6) is 1.42. The van der Waals surface area contributed by atoms with Gasteiger partial charge in [-0.15, -0.1) is 24.0 Å². The third kappa shape index (κ3) is 5.85. The fourth-order valence-electron chi connectivity index (χ4n) is 3.80. The Kier molecular flexibility index (Phi) is 8.67. The minimum atomic E-state index is 0. The average Bonchev–Trinajstić information content (AvgIpc) is 3.33. The van der Waals surface area contributed by atoms with Gasteiger partial charge in [0.2, 0.25) is 5.91 Å². The van der Waals surface area contributed by atoms with Crippen LogP contribution in [-0.4, -0.2) is 59.3 Å². The summed E-state index contributed by atoms with van der Waals surface area (Å²) < 4.78 is 1.89. The lowest BCUT2D eigenvalue weighted by atomic mass is 9.88. The summed E-state index contributed by atoms with van der Waals surface area (Å²) >= 11 is 0. The fourth-order valence-corrected chi connectivity index (χ4v) is 3.80. The topological polar surface area (TPSA) is 74.6 Å². The van der Waals surface area contributed by atoms with Crippen molar-refractivity contribution in [3.8, 4) is 0 Å². The molecule has 1 amide bonds. The van der Waals surface area contributed by atoms with Crippen LogP contribution < -0.4 is 10.6 Å². The van der Waals surface area contributed by atoms with Crippen LogP contribution in [0.5, 0.6) is 0 Å². The van der Waals surface area contributed by atoms with Crippen molar-refractivity contribution >= 4 is 35.8 Å². The van der Waals surface area contributed by atoms with E-state index in [0.29, 0.717) is 5.91 Å². The molecule has 2 heterocycles. The van der Waals surface area contributed by atoms with Crippen LogP contribution in [0, 0.1) is 5.92 Å². The van der Waals surface area contributed by atoms with Gasteiger partial charge in [-0.05, 0) is 25.3 Å². The first-order valence-electron chi connectivity index (χ1n) is 9.49. The Morgan fingerprint density at radius 1 is 1.27 bits per heavy atom. The number of carbonyl (C=O) groups is 1. The molecule has 1 aromatic rings. The smallest absolute Gasteiger partial charge is 0.225 e. The summed E-state index contributed by atoms with van der Waals surface area (Å²) in [6, 6.07) is 2.20. The van der Waals surface area contributed by atoms with E-state index in [1.807, 2.05) is 21.8 Å². The molecule has 1 atom stereocenters. The Morgan fingerprint density at radius 3 is 2.77 bits per heavy atom. The van der Waals surface area contributed by atoms with Gasteiger partial charge in [-0.3, -0.25) is 14.5 Å². The van der Waals surface area contributed by atoms with Crippen molar-refractivity contribution in [1.82, 2.24) is 25.3 Å². The predicted octanol–water partition coefficient (Wildman–Crippen LogP) is 1.85. The zero-order valence-corrected chi connectivity index (χ0v) is 17.9. The van der Waals surface area contributed by atoms with Gasteiger partial charge in [-0.2, -0.15) is 5.10 Å². The van der Waals surface area contributed by atoms with E-state index in [4.69, 9.17) is 0 Å². The minimum absolute atomic E-state index is 0. The number of guanidine groups is 1. The lowest BCUT2D eigenvalue weighted by Gasteiger charge is -2.26. The minimum Gasteiger partial charge on any atom is -0.355 e. The summed E-state index contributed by atoms with van der Waals surface area (Å²) in [5, 5.41) is 11.0. The summed E-state index contributed by atoms with van der Waals surface area (Å²) in [5.41, 5.74) is 0. The molecule has 1 unspecified atom stereocenters. The Hall–Kier alpha value is -1.32. The highest BCUT2D eigenvalue weighted by Gasteiger charge is 2.31. The van der Waals surface area contributed by atoms with E-state index in [1.54, 1.807) is 13.2 Å². The van der Waals surface area contributed by atoms with Crippen molar-refractivity contribution < 1.29 is 4.79 Å². The van der Waals surface area contributed by atoms with Gasteiger partial charge in [0.05, 0.1) is 6.54 Å². The lowest BCUT2D eigenvalue weighted by Crippen LogP contribution is -2.46. The first-order chi connectivity index (χ1) is 12.3. The van der Waals surface area contributed by atoms with Crippen molar-refractivity contribution in [2.75, 3.05) is 26.7 Å². The van der Waals surface area contributed by atoms with E-state index in [-0.39, 0.29) is 35.9 Å². The molecule has 1 aromatic heterocycles. The van der Waals surface area contributed by atoms with Crippen LogP contribution in [-0.2, 0) is 11.3 Å². The second-order valence-corrected chi connectivity index (χ2v) is 7.02. The summed E-state index contributed by atoms with van der Waals surface area (Å²) in [7, 11) is 1.78. The second kappa shape index (κ2) is 10.7. The quantitative estimate of drug-likeness (QED) is 0.388. The third-order valence-electron chi connectivity index (χ3n) is 5.21. The molecule has 1 aliphatic heterocycles. The maximum Gasteiger partial charge on any atom is 0.225 e.